The normalized spacial score (nSPS) is 11.8. The number of aromatic nitrogens is 4. The third-order valence-electron chi connectivity index (χ3n) is 9.08. The van der Waals surface area contributed by atoms with Crippen molar-refractivity contribution in [3.05, 3.63) is 155 Å². The van der Waals surface area contributed by atoms with Crippen molar-refractivity contribution >= 4 is 46.4 Å². The third-order valence-corrected chi connectivity index (χ3v) is 9.08. The summed E-state index contributed by atoms with van der Waals surface area (Å²) in [6.45, 7) is 10.4. The van der Waals surface area contributed by atoms with Crippen LogP contribution in [-0.2, 0) is 25.9 Å². The molecule has 5 heterocycles. The fourth-order valence-corrected chi connectivity index (χ4v) is 6.55. The van der Waals surface area contributed by atoms with Gasteiger partial charge in [0.15, 0.2) is 0 Å². The number of hydrogen-bond donors (Lipinski definition) is 0. The summed E-state index contributed by atoms with van der Waals surface area (Å²) in [5.74, 6) is 0. The van der Waals surface area contributed by atoms with E-state index in [2.05, 4.69) is 149 Å². The Morgan fingerprint density at radius 1 is 0.469 bits per heavy atom. The number of aryl methyl sites for hydroxylation is 3. The molecule has 0 saturated carbocycles. The van der Waals surface area contributed by atoms with Gasteiger partial charge in [0.2, 0.25) is 0 Å². The average molecular weight is 684 g/mol. The molecule has 49 heavy (non-hydrogen) atoms. The number of benzene rings is 3. The van der Waals surface area contributed by atoms with Gasteiger partial charge in [-0.25, -0.2) is 9.97 Å². The minimum atomic E-state index is 0. The second-order valence-corrected chi connectivity index (χ2v) is 12.6. The Morgan fingerprint density at radius 3 is 1.18 bits per heavy atom. The monoisotopic (exact) mass is 682 g/mol. The van der Waals surface area contributed by atoms with E-state index in [1.54, 1.807) is 0 Å². The van der Waals surface area contributed by atoms with Crippen LogP contribution >= 0.6 is 0 Å². The Hall–Kier alpha value is -5.38. The van der Waals surface area contributed by atoms with Crippen LogP contribution in [0, 0.1) is 20.8 Å². The molecular formula is C44H34N4Zn. The summed E-state index contributed by atoms with van der Waals surface area (Å²) >= 11 is 0. The van der Waals surface area contributed by atoms with Gasteiger partial charge in [0, 0.05) is 0 Å². The molecule has 0 spiro atoms. The zero-order chi connectivity index (χ0) is 32.8. The van der Waals surface area contributed by atoms with Gasteiger partial charge >= 0.3 is 19.5 Å². The molecule has 0 N–H and O–H groups in total. The molecular weight excluding hydrogens is 650 g/mol. The summed E-state index contributed by atoms with van der Waals surface area (Å²) in [5, 5.41) is 0. The molecule has 0 radical (unpaired) electrons. The largest absolute Gasteiger partial charge is 2.00 e. The summed E-state index contributed by atoms with van der Waals surface area (Å²) in [4.78, 5) is 21.1. The second kappa shape index (κ2) is 13.3. The van der Waals surface area contributed by atoms with Gasteiger partial charge in [-0.2, -0.15) is 0 Å². The van der Waals surface area contributed by atoms with Crippen molar-refractivity contribution in [2.75, 3.05) is 0 Å². The van der Waals surface area contributed by atoms with Gasteiger partial charge in [-0.15, -0.1) is 28.6 Å². The first-order valence-corrected chi connectivity index (χ1v) is 16.3. The number of allylic oxidation sites excluding steroid dienone is 1. The number of rotatable bonds is 5. The van der Waals surface area contributed by atoms with Gasteiger partial charge in [-0.05, 0) is 90.4 Å². The SMILES string of the molecule is C=CCc1c2nc(c(-c3ccc(C)cc3)c3ccc([n-]3)c(-c3ccc(C)cc3)c3nc(c(-c4ccc(C)cc4)c4ccc1[n-]4)C=C3)C=C2.[Zn+2]. The van der Waals surface area contributed by atoms with E-state index >= 15 is 0 Å². The molecule has 232 valence electrons. The zero-order valence-electron chi connectivity index (χ0n) is 28.0. The molecule has 3 aromatic carbocycles. The molecule has 8 rings (SSSR count). The molecule has 6 aromatic rings. The van der Waals surface area contributed by atoms with Crippen LogP contribution in [0.15, 0.2) is 110 Å². The molecule has 0 unspecified atom stereocenters. The van der Waals surface area contributed by atoms with Crippen LogP contribution in [0.3, 0.4) is 0 Å². The summed E-state index contributed by atoms with van der Waals surface area (Å²) < 4.78 is 0. The van der Waals surface area contributed by atoms with Gasteiger partial charge in [-0.1, -0.05) is 120 Å². The van der Waals surface area contributed by atoms with Crippen molar-refractivity contribution in [2.24, 2.45) is 0 Å². The van der Waals surface area contributed by atoms with E-state index in [0.717, 1.165) is 83.8 Å². The molecule has 2 aliphatic rings. The summed E-state index contributed by atoms with van der Waals surface area (Å²) in [6.07, 6.45) is 11.0. The molecule has 0 atom stereocenters. The summed E-state index contributed by atoms with van der Waals surface area (Å²) in [7, 11) is 0. The Bertz CT molecular complexity index is 2400. The predicted octanol–water partition coefficient (Wildman–Crippen LogP) is 10.6. The molecule has 8 bridgehead atoms. The standard InChI is InChI=1S/C44H34N4.Zn/c1-5-6-33-34-19-21-36(45-34)42(30-13-7-27(2)8-14-30)38-23-25-40(47-38)44(32-17-11-29(4)12-18-32)41-26-24-39(48-41)43(37-22-20-35(33)46-37)31-15-9-28(3)10-16-31;/h5,7-26H,1,6H2,2-4H3;/q-2;+2. The van der Waals surface area contributed by atoms with Crippen molar-refractivity contribution < 1.29 is 19.5 Å². The minimum absolute atomic E-state index is 0. The molecule has 0 fully saturated rings. The topological polar surface area (TPSA) is 54.0 Å². The van der Waals surface area contributed by atoms with Gasteiger partial charge in [0.1, 0.15) is 0 Å². The first kappa shape index (κ1) is 32.2. The maximum absolute atomic E-state index is 5.32. The summed E-state index contributed by atoms with van der Waals surface area (Å²) in [5.41, 5.74) is 17.8. The van der Waals surface area contributed by atoms with Crippen LogP contribution in [0.4, 0.5) is 0 Å². The Balaban J connectivity index is 0.00000378. The Kier molecular flexibility index (Phi) is 8.71. The number of fused-ring (bicyclic) bond motifs is 8. The van der Waals surface area contributed by atoms with Crippen LogP contribution in [-0.4, -0.2) is 9.97 Å². The van der Waals surface area contributed by atoms with Crippen LogP contribution in [0.5, 0.6) is 0 Å². The average Bonchev–Trinajstić information content (AvgIpc) is 3.93. The van der Waals surface area contributed by atoms with Crippen molar-refractivity contribution in [1.82, 2.24) is 19.9 Å². The van der Waals surface area contributed by atoms with Gasteiger partial charge in [0.05, 0.1) is 22.8 Å². The quantitative estimate of drug-likeness (QED) is 0.134. The van der Waals surface area contributed by atoms with Crippen molar-refractivity contribution in [3.8, 4) is 33.4 Å². The van der Waals surface area contributed by atoms with Crippen molar-refractivity contribution in [2.45, 2.75) is 27.2 Å². The maximum atomic E-state index is 5.32. The molecule has 0 amide bonds. The predicted molar refractivity (Wildman–Crippen MR) is 201 cm³/mol. The molecule has 0 aliphatic carbocycles. The minimum Gasteiger partial charge on any atom is -0.657 e. The fraction of sp³-hybridized carbons (Fsp3) is 0.0909. The van der Waals surface area contributed by atoms with Crippen LogP contribution < -0.4 is 9.97 Å². The molecule has 4 nitrogen and oxygen atoms in total. The van der Waals surface area contributed by atoms with Gasteiger partial charge < -0.3 is 9.97 Å². The van der Waals surface area contributed by atoms with Gasteiger partial charge in [0.25, 0.3) is 0 Å². The first-order chi connectivity index (χ1) is 23.4. The van der Waals surface area contributed by atoms with E-state index in [1.807, 2.05) is 6.08 Å². The van der Waals surface area contributed by atoms with Crippen molar-refractivity contribution in [3.63, 3.8) is 0 Å². The van der Waals surface area contributed by atoms with Crippen LogP contribution in [0.1, 0.15) is 45.0 Å². The fourth-order valence-electron chi connectivity index (χ4n) is 6.55. The molecule has 2 aliphatic heterocycles. The number of hydrogen-bond acceptors (Lipinski definition) is 2. The van der Waals surface area contributed by atoms with E-state index in [9.17, 15) is 0 Å². The zero-order valence-corrected chi connectivity index (χ0v) is 31.0. The summed E-state index contributed by atoms with van der Waals surface area (Å²) in [6, 6.07) is 34.2. The van der Waals surface area contributed by atoms with Crippen LogP contribution in [0.25, 0.3) is 79.8 Å². The molecule has 0 saturated heterocycles. The maximum Gasteiger partial charge on any atom is 2.00 e. The molecule has 5 heteroatoms. The van der Waals surface area contributed by atoms with E-state index in [1.165, 1.54) is 16.7 Å². The van der Waals surface area contributed by atoms with E-state index in [4.69, 9.17) is 19.9 Å². The van der Waals surface area contributed by atoms with E-state index in [0.29, 0.717) is 6.42 Å². The third kappa shape index (κ3) is 6.07. The van der Waals surface area contributed by atoms with Crippen LogP contribution in [0.2, 0.25) is 0 Å². The second-order valence-electron chi connectivity index (χ2n) is 12.6. The van der Waals surface area contributed by atoms with E-state index < -0.39 is 0 Å². The Morgan fingerprint density at radius 2 is 0.796 bits per heavy atom. The molecule has 3 aromatic heterocycles. The smallest absolute Gasteiger partial charge is 0.657 e. The van der Waals surface area contributed by atoms with Gasteiger partial charge in [-0.3, -0.25) is 0 Å². The number of nitrogens with zero attached hydrogens (tertiary/aromatic N) is 4. The van der Waals surface area contributed by atoms with Crippen molar-refractivity contribution in [1.29, 1.82) is 0 Å². The first-order valence-electron chi connectivity index (χ1n) is 16.3. The van der Waals surface area contributed by atoms with E-state index in [-0.39, 0.29) is 19.5 Å². The Labute approximate surface area is 299 Å².